The molecule has 3 heteroatoms. The molecule has 0 heterocycles. The lowest BCUT2D eigenvalue weighted by Gasteiger charge is -2.26. The average Bonchev–Trinajstić information content (AvgIpc) is 2.72. The van der Waals surface area contributed by atoms with Crippen molar-refractivity contribution in [2.24, 2.45) is 0 Å². The van der Waals surface area contributed by atoms with Crippen LogP contribution in [0.5, 0.6) is 5.75 Å². The fourth-order valence-corrected chi connectivity index (χ4v) is 4.76. The van der Waals surface area contributed by atoms with Gasteiger partial charge in [-0.1, -0.05) is 131 Å². The maximum Gasteiger partial charge on any atom is 0.303 e. The van der Waals surface area contributed by atoms with Gasteiger partial charge in [0.15, 0.2) is 0 Å². The number of benzene rings is 1. The zero-order valence-corrected chi connectivity index (χ0v) is 22.5. The lowest BCUT2D eigenvalue weighted by Crippen LogP contribution is -2.15. The van der Waals surface area contributed by atoms with Crippen molar-refractivity contribution in [1.82, 2.24) is 0 Å². The summed E-state index contributed by atoms with van der Waals surface area (Å²) >= 11 is 0. The number of carboxylic acid groups (broad SMARTS) is 1. The third-order valence-electron chi connectivity index (χ3n) is 6.89. The van der Waals surface area contributed by atoms with Crippen molar-refractivity contribution in [3.8, 4) is 5.75 Å². The molecule has 0 fully saturated rings. The molecule has 1 aromatic rings. The highest BCUT2D eigenvalue weighted by Crippen LogP contribution is 2.40. The molecule has 2 N–H and O–H groups in total. The van der Waals surface area contributed by atoms with Gasteiger partial charge in [-0.3, -0.25) is 4.79 Å². The van der Waals surface area contributed by atoms with Gasteiger partial charge >= 0.3 is 5.97 Å². The van der Waals surface area contributed by atoms with Crippen LogP contribution >= 0.6 is 0 Å². The molecule has 0 saturated carbocycles. The molecule has 3 nitrogen and oxygen atoms in total. The number of hydrogen-bond donors (Lipinski definition) is 2. The Morgan fingerprint density at radius 3 is 1.76 bits per heavy atom. The van der Waals surface area contributed by atoms with Crippen LogP contribution in [0, 0.1) is 0 Å². The predicted octanol–water partition coefficient (Wildman–Crippen LogP) is 9.46. The van der Waals surface area contributed by atoms with Crippen molar-refractivity contribution < 1.29 is 15.0 Å². The Labute approximate surface area is 204 Å². The Balaban J connectivity index is 2.61. The number of phenolic OH excluding ortho intramolecular Hbond substituents is 1. The first-order chi connectivity index (χ1) is 15.6. The number of phenols is 1. The number of carboxylic acids is 1. The van der Waals surface area contributed by atoms with E-state index in [0.717, 1.165) is 29.5 Å². The number of hydrogen-bond acceptors (Lipinski definition) is 2. The molecule has 0 saturated heterocycles. The van der Waals surface area contributed by atoms with Crippen molar-refractivity contribution in [3.63, 3.8) is 0 Å². The normalized spacial score (nSPS) is 12.9. The number of aromatic hydroxyl groups is 1. The average molecular weight is 461 g/mol. The van der Waals surface area contributed by atoms with Gasteiger partial charge in [0.25, 0.3) is 0 Å². The third-order valence-corrected chi connectivity index (χ3v) is 6.89. The van der Waals surface area contributed by atoms with Gasteiger partial charge in [0.1, 0.15) is 5.75 Å². The molecule has 1 rings (SSSR count). The van der Waals surface area contributed by atoms with Crippen molar-refractivity contribution in [1.29, 1.82) is 0 Å². The van der Waals surface area contributed by atoms with Crippen molar-refractivity contribution >= 4 is 5.97 Å². The lowest BCUT2D eigenvalue weighted by atomic mass is 9.79. The van der Waals surface area contributed by atoms with E-state index in [0.29, 0.717) is 5.75 Å². The monoisotopic (exact) mass is 460 g/mol. The Bertz CT molecular complexity index is 685. The van der Waals surface area contributed by atoms with Crippen LogP contribution < -0.4 is 0 Å². The zero-order valence-electron chi connectivity index (χ0n) is 22.5. The summed E-state index contributed by atoms with van der Waals surface area (Å²) in [5.41, 5.74) is 2.75. The standard InChI is InChI=1S/C30H52O3/c1-7-8-9-10-11-12-13-14-15-16-17-18-19-24(22-28(31)32)25-20-26(23(2)3)29(33)27(21-25)30(4,5)6/h20-21,23-24,33H,7-19,22H2,1-6H3,(H,31,32). The minimum atomic E-state index is -0.740. The molecule has 0 aliphatic heterocycles. The van der Waals surface area contributed by atoms with Crippen LogP contribution in [-0.2, 0) is 10.2 Å². The highest BCUT2D eigenvalue weighted by atomic mass is 16.4. The summed E-state index contributed by atoms with van der Waals surface area (Å²) in [5.74, 6) is -0.163. The molecule has 1 aromatic carbocycles. The van der Waals surface area contributed by atoms with Crippen molar-refractivity contribution in [2.75, 3.05) is 0 Å². The number of aliphatic carboxylic acids is 1. The highest BCUT2D eigenvalue weighted by molar-refractivity contribution is 5.68. The van der Waals surface area contributed by atoms with E-state index < -0.39 is 5.97 Å². The van der Waals surface area contributed by atoms with E-state index in [4.69, 9.17) is 0 Å². The first-order valence-corrected chi connectivity index (χ1v) is 13.7. The molecule has 0 spiro atoms. The lowest BCUT2D eigenvalue weighted by molar-refractivity contribution is -0.137. The molecule has 0 aromatic heterocycles. The molecule has 0 bridgehead atoms. The molecule has 1 atom stereocenters. The predicted molar refractivity (Wildman–Crippen MR) is 142 cm³/mol. The zero-order chi connectivity index (χ0) is 24.9. The van der Waals surface area contributed by atoms with E-state index in [2.05, 4.69) is 53.7 Å². The van der Waals surface area contributed by atoms with Crippen LogP contribution in [0.3, 0.4) is 0 Å². The maximum absolute atomic E-state index is 11.6. The van der Waals surface area contributed by atoms with Gasteiger partial charge in [0.05, 0.1) is 6.42 Å². The second-order valence-corrected chi connectivity index (χ2v) is 11.4. The van der Waals surface area contributed by atoms with Gasteiger partial charge in [0.2, 0.25) is 0 Å². The van der Waals surface area contributed by atoms with Gasteiger partial charge < -0.3 is 10.2 Å². The molecule has 0 radical (unpaired) electrons. The summed E-state index contributed by atoms with van der Waals surface area (Å²) in [6.45, 7) is 12.8. The summed E-state index contributed by atoms with van der Waals surface area (Å²) in [4.78, 5) is 11.6. The first-order valence-electron chi connectivity index (χ1n) is 13.7. The van der Waals surface area contributed by atoms with Crippen LogP contribution in [0.25, 0.3) is 0 Å². The summed E-state index contributed by atoms with van der Waals surface area (Å²) in [6.07, 6.45) is 16.8. The summed E-state index contributed by atoms with van der Waals surface area (Å²) < 4.78 is 0. The highest BCUT2D eigenvalue weighted by Gasteiger charge is 2.25. The SMILES string of the molecule is CCCCCCCCCCCCCCC(CC(=O)O)c1cc(C(C)C)c(O)c(C(C)(C)C)c1. The number of rotatable bonds is 17. The van der Waals surface area contributed by atoms with Crippen LogP contribution in [-0.4, -0.2) is 16.2 Å². The van der Waals surface area contributed by atoms with Gasteiger partial charge in [0, 0.05) is 0 Å². The topological polar surface area (TPSA) is 57.5 Å². The third kappa shape index (κ3) is 11.5. The minimum absolute atomic E-state index is 0.00446. The Morgan fingerprint density at radius 2 is 1.33 bits per heavy atom. The molecular formula is C30H52O3. The van der Waals surface area contributed by atoms with E-state index in [-0.39, 0.29) is 23.7 Å². The van der Waals surface area contributed by atoms with Crippen molar-refractivity contribution in [2.45, 2.75) is 149 Å². The van der Waals surface area contributed by atoms with E-state index in [1.165, 1.54) is 70.6 Å². The quantitative estimate of drug-likeness (QED) is 0.228. The van der Waals surface area contributed by atoms with E-state index >= 15 is 0 Å². The summed E-state index contributed by atoms with van der Waals surface area (Å²) in [5, 5.41) is 20.4. The van der Waals surface area contributed by atoms with Crippen LogP contribution in [0.4, 0.5) is 0 Å². The van der Waals surface area contributed by atoms with Crippen molar-refractivity contribution in [3.05, 3.63) is 28.8 Å². The molecule has 0 aliphatic rings. The van der Waals surface area contributed by atoms with Gasteiger partial charge in [-0.2, -0.15) is 0 Å². The van der Waals surface area contributed by atoms with E-state index in [9.17, 15) is 15.0 Å². The Morgan fingerprint density at radius 1 is 0.848 bits per heavy atom. The second-order valence-electron chi connectivity index (χ2n) is 11.4. The maximum atomic E-state index is 11.6. The summed E-state index contributed by atoms with van der Waals surface area (Å²) in [7, 11) is 0. The molecule has 190 valence electrons. The summed E-state index contributed by atoms with van der Waals surface area (Å²) in [6, 6.07) is 4.12. The smallest absolute Gasteiger partial charge is 0.303 e. The van der Waals surface area contributed by atoms with Crippen LogP contribution in [0.15, 0.2) is 12.1 Å². The fourth-order valence-electron chi connectivity index (χ4n) is 4.76. The molecule has 1 unspecified atom stereocenters. The number of unbranched alkanes of at least 4 members (excludes halogenated alkanes) is 11. The van der Waals surface area contributed by atoms with Gasteiger partial charge in [-0.05, 0) is 40.4 Å². The van der Waals surface area contributed by atoms with E-state index in [1.54, 1.807) is 0 Å². The molecule has 33 heavy (non-hydrogen) atoms. The van der Waals surface area contributed by atoms with Crippen LogP contribution in [0.1, 0.15) is 160 Å². The second kappa shape index (κ2) is 15.4. The van der Waals surface area contributed by atoms with Gasteiger partial charge in [-0.15, -0.1) is 0 Å². The fraction of sp³-hybridized carbons (Fsp3) is 0.767. The molecule has 0 aliphatic carbocycles. The Hall–Kier alpha value is -1.51. The minimum Gasteiger partial charge on any atom is -0.507 e. The Kier molecular flexibility index (Phi) is 13.8. The van der Waals surface area contributed by atoms with Gasteiger partial charge in [-0.25, -0.2) is 0 Å². The first kappa shape index (κ1) is 29.5. The number of carbonyl (C=O) groups is 1. The molecule has 0 amide bonds. The largest absolute Gasteiger partial charge is 0.507 e. The molecular weight excluding hydrogens is 408 g/mol. The van der Waals surface area contributed by atoms with E-state index in [1.807, 2.05) is 0 Å². The van der Waals surface area contributed by atoms with Crippen LogP contribution in [0.2, 0.25) is 0 Å².